The van der Waals surface area contributed by atoms with E-state index in [-0.39, 0.29) is 24.4 Å². The molecule has 26 heavy (non-hydrogen) atoms. The Morgan fingerprint density at radius 1 is 1.31 bits per heavy atom. The van der Waals surface area contributed by atoms with Gasteiger partial charge in [-0.1, -0.05) is 19.8 Å². The summed E-state index contributed by atoms with van der Waals surface area (Å²) in [6.45, 7) is 1.66. The number of nitrogens with zero attached hydrogens (tertiary/aromatic N) is 1. The molecular formula is C18H20N2O6. The van der Waals surface area contributed by atoms with Gasteiger partial charge in [-0.2, -0.15) is 0 Å². The van der Waals surface area contributed by atoms with Gasteiger partial charge in [0.05, 0.1) is 0 Å². The first-order valence-corrected chi connectivity index (χ1v) is 8.74. The normalized spacial score (nSPS) is 27.0. The third-order valence-corrected chi connectivity index (χ3v) is 5.36. The molecule has 1 spiro atoms. The summed E-state index contributed by atoms with van der Waals surface area (Å²) >= 11 is 0. The SMILES string of the molecule is C[C@H]1CCCC[C@]12NC(=O)N(CC(=O)Oc1ccc3c(c1)OCO3)C2=O. The number of esters is 1. The van der Waals surface area contributed by atoms with Crippen LogP contribution in [0.4, 0.5) is 4.79 Å². The molecule has 1 aliphatic carbocycles. The molecule has 3 amide bonds. The maximum atomic E-state index is 12.8. The highest BCUT2D eigenvalue weighted by molar-refractivity contribution is 6.09. The number of rotatable bonds is 3. The van der Waals surface area contributed by atoms with Crippen molar-refractivity contribution in [2.24, 2.45) is 5.92 Å². The molecule has 0 unspecified atom stereocenters. The van der Waals surface area contributed by atoms with Crippen molar-refractivity contribution >= 4 is 17.9 Å². The minimum atomic E-state index is -0.881. The number of amides is 3. The lowest BCUT2D eigenvalue weighted by Crippen LogP contribution is -2.54. The van der Waals surface area contributed by atoms with Crippen molar-refractivity contribution in [1.29, 1.82) is 0 Å². The Kier molecular flexibility index (Phi) is 3.97. The molecule has 1 saturated heterocycles. The smallest absolute Gasteiger partial charge is 0.331 e. The van der Waals surface area contributed by atoms with Crippen LogP contribution in [0.5, 0.6) is 17.2 Å². The van der Waals surface area contributed by atoms with Crippen LogP contribution in [0.25, 0.3) is 0 Å². The van der Waals surface area contributed by atoms with Crippen LogP contribution in [0.2, 0.25) is 0 Å². The van der Waals surface area contributed by atoms with E-state index in [4.69, 9.17) is 14.2 Å². The number of fused-ring (bicyclic) bond motifs is 1. The van der Waals surface area contributed by atoms with E-state index in [1.807, 2.05) is 6.92 Å². The van der Waals surface area contributed by atoms with E-state index >= 15 is 0 Å². The van der Waals surface area contributed by atoms with Crippen molar-refractivity contribution in [2.45, 2.75) is 38.1 Å². The molecule has 0 aromatic heterocycles. The molecule has 0 radical (unpaired) electrons. The number of nitrogens with one attached hydrogen (secondary N) is 1. The second kappa shape index (κ2) is 6.19. The Hall–Kier alpha value is -2.77. The highest BCUT2D eigenvalue weighted by Gasteiger charge is 2.55. The van der Waals surface area contributed by atoms with E-state index in [2.05, 4.69) is 5.32 Å². The maximum Gasteiger partial charge on any atom is 0.331 e. The summed E-state index contributed by atoms with van der Waals surface area (Å²) in [4.78, 5) is 38.3. The molecule has 2 aliphatic heterocycles. The molecule has 1 N–H and O–H groups in total. The van der Waals surface area contributed by atoms with E-state index in [1.165, 1.54) is 6.07 Å². The largest absolute Gasteiger partial charge is 0.454 e. The molecule has 2 atom stereocenters. The van der Waals surface area contributed by atoms with Gasteiger partial charge in [-0.3, -0.25) is 9.69 Å². The lowest BCUT2D eigenvalue weighted by atomic mass is 9.73. The summed E-state index contributed by atoms with van der Waals surface area (Å²) in [6.07, 6.45) is 3.40. The highest BCUT2D eigenvalue weighted by Crippen LogP contribution is 2.38. The number of hydrogen-bond donors (Lipinski definition) is 1. The number of benzene rings is 1. The average molecular weight is 360 g/mol. The van der Waals surface area contributed by atoms with Crippen molar-refractivity contribution in [3.05, 3.63) is 18.2 Å². The zero-order chi connectivity index (χ0) is 18.3. The molecule has 0 bridgehead atoms. The van der Waals surface area contributed by atoms with Crippen LogP contribution in [0, 0.1) is 5.92 Å². The fourth-order valence-corrected chi connectivity index (χ4v) is 3.87. The van der Waals surface area contributed by atoms with Gasteiger partial charge < -0.3 is 19.5 Å². The standard InChI is InChI=1S/C18H20N2O6/c1-11-4-2-3-7-18(11)16(22)20(17(23)19-18)9-15(21)26-12-5-6-13-14(8-12)25-10-24-13/h5-6,8,11H,2-4,7,9-10H2,1H3,(H,19,23)/t11-,18-/m0/s1. The van der Waals surface area contributed by atoms with Crippen LogP contribution < -0.4 is 19.5 Å². The summed E-state index contributed by atoms with van der Waals surface area (Å²) in [5.41, 5.74) is -0.881. The second-order valence-electron chi connectivity index (χ2n) is 6.93. The second-order valence-corrected chi connectivity index (χ2v) is 6.93. The predicted octanol–water partition coefficient (Wildman–Crippen LogP) is 1.82. The topological polar surface area (TPSA) is 94.2 Å². The van der Waals surface area contributed by atoms with Crippen LogP contribution in [0.1, 0.15) is 32.6 Å². The molecule has 2 fully saturated rings. The third kappa shape index (κ3) is 2.65. The lowest BCUT2D eigenvalue weighted by Gasteiger charge is -2.36. The minimum absolute atomic E-state index is 0.0441. The predicted molar refractivity (Wildman–Crippen MR) is 88.8 cm³/mol. The van der Waals surface area contributed by atoms with Crippen molar-refractivity contribution in [3.8, 4) is 17.2 Å². The molecule has 4 rings (SSSR count). The molecule has 1 aromatic carbocycles. The summed E-state index contributed by atoms with van der Waals surface area (Å²) in [5.74, 6) is 0.354. The average Bonchev–Trinajstić information content (AvgIpc) is 3.16. The van der Waals surface area contributed by atoms with E-state index in [0.717, 1.165) is 24.2 Å². The van der Waals surface area contributed by atoms with Crippen LogP contribution >= 0.6 is 0 Å². The van der Waals surface area contributed by atoms with Crippen LogP contribution in [-0.2, 0) is 9.59 Å². The molecule has 138 valence electrons. The summed E-state index contributed by atoms with van der Waals surface area (Å²) < 4.78 is 15.7. The van der Waals surface area contributed by atoms with Gasteiger partial charge in [-0.15, -0.1) is 0 Å². The van der Waals surface area contributed by atoms with E-state index in [0.29, 0.717) is 17.9 Å². The van der Waals surface area contributed by atoms with Gasteiger partial charge in [-0.05, 0) is 30.9 Å². The summed E-state index contributed by atoms with van der Waals surface area (Å²) in [6, 6.07) is 4.21. The fraction of sp³-hybridized carbons (Fsp3) is 0.500. The number of ether oxygens (including phenoxy) is 3. The maximum absolute atomic E-state index is 12.8. The quantitative estimate of drug-likeness (QED) is 0.502. The summed E-state index contributed by atoms with van der Waals surface area (Å²) in [7, 11) is 0. The van der Waals surface area contributed by atoms with Crippen LogP contribution in [0.3, 0.4) is 0 Å². The van der Waals surface area contributed by atoms with Crippen molar-refractivity contribution in [2.75, 3.05) is 13.3 Å². The Morgan fingerprint density at radius 2 is 2.12 bits per heavy atom. The molecule has 1 aromatic rings. The van der Waals surface area contributed by atoms with Crippen molar-refractivity contribution in [1.82, 2.24) is 10.2 Å². The van der Waals surface area contributed by atoms with Gasteiger partial charge >= 0.3 is 12.0 Å². The lowest BCUT2D eigenvalue weighted by molar-refractivity contribution is -0.142. The number of carbonyl (C=O) groups excluding carboxylic acids is 3. The van der Waals surface area contributed by atoms with Gasteiger partial charge in [0.15, 0.2) is 11.5 Å². The molecule has 8 nitrogen and oxygen atoms in total. The van der Waals surface area contributed by atoms with Crippen LogP contribution in [-0.4, -0.2) is 41.7 Å². The van der Waals surface area contributed by atoms with Gasteiger partial charge in [-0.25, -0.2) is 9.59 Å². The highest BCUT2D eigenvalue weighted by atomic mass is 16.7. The monoisotopic (exact) mass is 360 g/mol. The Morgan fingerprint density at radius 3 is 2.92 bits per heavy atom. The van der Waals surface area contributed by atoms with E-state index in [9.17, 15) is 14.4 Å². The number of hydrogen-bond acceptors (Lipinski definition) is 6. The molecule has 8 heteroatoms. The van der Waals surface area contributed by atoms with Gasteiger partial charge in [0.2, 0.25) is 6.79 Å². The Bertz CT molecular complexity index is 779. The fourth-order valence-electron chi connectivity index (χ4n) is 3.87. The molecule has 2 heterocycles. The molecular weight excluding hydrogens is 340 g/mol. The first kappa shape index (κ1) is 16.7. The zero-order valence-corrected chi connectivity index (χ0v) is 14.4. The number of imide groups is 1. The van der Waals surface area contributed by atoms with Gasteiger partial charge in [0.1, 0.15) is 17.8 Å². The Balaban J connectivity index is 1.44. The minimum Gasteiger partial charge on any atom is -0.454 e. The molecule has 1 saturated carbocycles. The van der Waals surface area contributed by atoms with Gasteiger partial charge in [0.25, 0.3) is 5.91 Å². The first-order valence-electron chi connectivity index (χ1n) is 8.74. The van der Waals surface area contributed by atoms with Gasteiger partial charge in [0, 0.05) is 6.07 Å². The Labute approximate surface area is 150 Å². The van der Waals surface area contributed by atoms with E-state index in [1.54, 1.807) is 12.1 Å². The third-order valence-electron chi connectivity index (χ3n) is 5.36. The summed E-state index contributed by atoms with van der Waals surface area (Å²) in [5, 5.41) is 2.82. The van der Waals surface area contributed by atoms with Crippen molar-refractivity contribution < 1.29 is 28.6 Å². The van der Waals surface area contributed by atoms with Crippen LogP contribution in [0.15, 0.2) is 18.2 Å². The molecule has 3 aliphatic rings. The number of carbonyl (C=O) groups is 3. The zero-order valence-electron chi connectivity index (χ0n) is 14.4. The number of urea groups is 1. The van der Waals surface area contributed by atoms with E-state index < -0.39 is 24.1 Å². The van der Waals surface area contributed by atoms with Crippen molar-refractivity contribution in [3.63, 3.8) is 0 Å². The first-order chi connectivity index (χ1) is 12.5.